The summed E-state index contributed by atoms with van der Waals surface area (Å²) in [5.74, 6) is 0.527. The van der Waals surface area contributed by atoms with Crippen LogP contribution in [0.15, 0.2) is 6.20 Å². The van der Waals surface area contributed by atoms with Gasteiger partial charge in [0.1, 0.15) is 17.5 Å². The first-order valence-electron chi connectivity index (χ1n) is 4.50. The number of nitriles is 1. The van der Waals surface area contributed by atoms with Gasteiger partial charge in [-0.05, 0) is 5.92 Å². The molecule has 0 fully saturated rings. The van der Waals surface area contributed by atoms with Gasteiger partial charge in [-0.15, -0.1) is 0 Å². The standard InChI is InChI=1S/C9H12N4O2/c1-6(2)5-15-9(14)12-8-7(3-10)4-11-13-8/h4,6H,5H2,1-2H3,(H2,11,12,13,14). The van der Waals surface area contributed by atoms with Crippen molar-refractivity contribution in [1.82, 2.24) is 10.2 Å². The quantitative estimate of drug-likeness (QED) is 0.787. The fraction of sp³-hybridized carbons (Fsp3) is 0.444. The Morgan fingerprint density at radius 3 is 3.13 bits per heavy atom. The van der Waals surface area contributed by atoms with Gasteiger partial charge in [-0.2, -0.15) is 10.4 Å². The van der Waals surface area contributed by atoms with Crippen LogP contribution in [-0.4, -0.2) is 22.9 Å². The van der Waals surface area contributed by atoms with Crippen LogP contribution in [0, 0.1) is 17.2 Å². The predicted octanol–water partition coefficient (Wildman–Crippen LogP) is 1.49. The van der Waals surface area contributed by atoms with Gasteiger partial charge in [0.25, 0.3) is 0 Å². The molecule has 0 radical (unpaired) electrons. The number of H-pyrrole nitrogens is 1. The molecule has 1 aromatic rings. The minimum absolute atomic E-state index is 0.256. The van der Waals surface area contributed by atoms with Crippen LogP contribution in [0.2, 0.25) is 0 Å². The van der Waals surface area contributed by atoms with Crippen LogP contribution in [0.5, 0.6) is 0 Å². The summed E-state index contributed by atoms with van der Waals surface area (Å²) < 4.78 is 4.87. The lowest BCUT2D eigenvalue weighted by Gasteiger charge is -2.07. The van der Waals surface area contributed by atoms with Crippen LogP contribution in [-0.2, 0) is 4.74 Å². The zero-order valence-electron chi connectivity index (χ0n) is 8.57. The molecule has 0 atom stereocenters. The monoisotopic (exact) mass is 208 g/mol. The minimum Gasteiger partial charge on any atom is -0.449 e. The number of anilines is 1. The Bertz CT molecular complexity index is 378. The maximum absolute atomic E-state index is 11.2. The van der Waals surface area contributed by atoms with E-state index in [1.807, 2.05) is 19.9 Å². The summed E-state index contributed by atoms with van der Waals surface area (Å²) in [5, 5.41) is 17.1. The SMILES string of the molecule is CC(C)COC(=O)Nc1[nH]ncc1C#N. The molecule has 0 aliphatic heterocycles. The predicted molar refractivity (Wildman–Crippen MR) is 53.1 cm³/mol. The zero-order chi connectivity index (χ0) is 11.3. The van der Waals surface area contributed by atoms with Crippen LogP contribution in [0.3, 0.4) is 0 Å². The molecule has 0 aliphatic rings. The fourth-order valence-corrected chi connectivity index (χ4v) is 0.847. The Hall–Kier alpha value is -2.03. The van der Waals surface area contributed by atoms with E-state index >= 15 is 0 Å². The van der Waals surface area contributed by atoms with Crippen LogP contribution in [0.1, 0.15) is 19.4 Å². The molecule has 0 unspecified atom stereocenters. The summed E-state index contributed by atoms with van der Waals surface area (Å²) in [6.07, 6.45) is 0.738. The zero-order valence-corrected chi connectivity index (χ0v) is 8.57. The smallest absolute Gasteiger partial charge is 0.412 e. The van der Waals surface area contributed by atoms with Gasteiger partial charge in [-0.1, -0.05) is 13.8 Å². The van der Waals surface area contributed by atoms with Crippen molar-refractivity contribution in [1.29, 1.82) is 5.26 Å². The number of nitrogens with zero attached hydrogens (tertiary/aromatic N) is 2. The van der Waals surface area contributed by atoms with Crippen molar-refractivity contribution in [2.75, 3.05) is 11.9 Å². The molecule has 0 saturated heterocycles. The summed E-state index contributed by atoms with van der Waals surface area (Å²) in [6.45, 7) is 4.20. The Morgan fingerprint density at radius 1 is 1.80 bits per heavy atom. The maximum Gasteiger partial charge on any atom is 0.412 e. The number of rotatable bonds is 3. The molecule has 6 nitrogen and oxygen atoms in total. The first kappa shape index (κ1) is 11.0. The second kappa shape index (κ2) is 5.00. The lowest BCUT2D eigenvalue weighted by molar-refractivity contribution is 0.147. The number of carbonyl (C=O) groups is 1. The van der Waals surface area contributed by atoms with E-state index in [9.17, 15) is 4.79 Å². The average molecular weight is 208 g/mol. The molecule has 1 heterocycles. The topological polar surface area (TPSA) is 90.8 Å². The molecule has 0 aromatic carbocycles. The lowest BCUT2D eigenvalue weighted by Crippen LogP contribution is -2.17. The van der Waals surface area contributed by atoms with E-state index in [0.29, 0.717) is 6.61 Å². The highest BCUT2D eigenvalue weighted by Gasteiger charge is 2.09. The molecule has 0 spiro atoms. The first-order valence-corrected chi connectivity index (χ1v) is 4.50. The van der Waals surface area contributed by atoms with Crippen LogP contribution >= 0.6 is 0 Å². The van der Waals surface area contributed by atoms with Crippen molar-refractivity contribution >= 4 is 11.9 Å². The van der Waals surface area contributed by atoms with E-state index in [4.69, 9.17) is 10.00 Å². The van der Waals surface area contributed by atoms with E-state index < -0.39 is 6.09 Å². The summed E-state index contributed by atoms with van der Waals surface area (Å²) in [4.78, 5) is 11.2. The van der Waals surface area contributed by atoms with Crippen molar-refractivity contribution in [2.24, 2.45) is 5.92 Å². The molecule has 1 rings (SSSR count). The molecule has 0 aliphatic carbocycles. The highest BCUT2D eigenvalue weighted by atomic mass is 16.5. The van der Waals surface area contributed by atoms with Crippen molar-refractivity contribution in [3.63, 3.8) is 0 Å². The van der Waals surface area contributed by atoms with Crippen LogP contribution in [0.25, 0.3) is 0 Å². The molecule has 1 amide bonds. The van der Waals surface area contributed by atoms with Gasteiger partial charge in [0.15, 0.2) is 0 Å². The van der Waals surface area contributed by atoms with Gasteiger partial charge >= 0.3 is 6.09 Å². The second-order valence-electron chi connectivity index (χ2n) is 3.39. The number of carbonyl (C=O) groups excluding carboxylic acids is 1. The highest BCUT2D eigenvalue weighted by molar-refractivity contribution is 5.84. The van der Waals surface area contributed by atoms with Gasteiger partial charge in [-0.25, -0.2) is 4.79 Å². The number of nitrogens with one attached hydrogen (secondary N) is 2. The third-order valence-corrected chi connectivity index (χ3v) is 1.53. The second-order valence-corrected chi connectivity index (χ2v) is 3.39. The summed E-state index contributed by atoms with van der Waals surface area (Å²) in [7, 11) is 0. The maximum atomic E-state index is 11.2. The number of amides is 1. The Labute approximate surface area is 87.2 Å². The van der Waals surface area contributed by atoms with E-state index in [2.05, 4.69) is 15.5 Å². The van der Waals surface area contributed by atoms with E-state index in [-0.39, 0.29) is 17.3 Å². The van der Waals surface area contributed by atoms with Crippen molar-refractivity contribution in [3.05, 3.63) is 11.8 Å². The van der Waals surface area contributed by atoms with Gasteiger partial charge in [0.05, 0.1) is 12.8 Å². The minimum atomic E-state index is -0.593. The van der Waals surface area contributed by atoms with Crippen LogP contribution < -0.4 is 5.32 Å². The van der Waals surface area contributed by atoms with Crippen molar-refractivity contribution in [2.45, 2.75) is 13.8 Å². The van der Waals surface area contributed by atoms with E-state index in [1.165, 1.54) is 6.20 Å². The molecular formula is C9H12N4O2. The molecule has 2 N–H and O–H groups in total. The van der Waals surface area contributed by atoms with Crippen molar-refractivity contribution < 1.29 is 9.53 Å². The van der Waals surface area contributed by atoms with Crippen molar-refractivity contribution in [3.8, 4) is 6.07 Å². The van der Waals surface area contributed by atoms with Crippen LogP contribution in [0.4, 0.5) is 10.6 Å². The molecule has 15 heavy (non-hydrogen) atoms. The molecule has 0 saturated carbocycles. The van der Waals surface area contributed by atoms with Gasteiger partial charge in [-0.3, -0.25) is 10.4 Å². The highest BCUT2D eigenvalue weighted by Crippen LogP contribution is 2.09. The summed E-state index contributed by atoms with van der Waals surface area (Å²) in [5.41, 5.74) is 0.275. The number of ether oxygens (including phenoxy) is 1. The average Bonchev–Trinajstić information content (AvgIpc) is 2.62. The fourth-order valence-electron chi connectivity index (χ4n) is 0.847. The van der Waals surface area contributed by atoms with Gasteiger partial charge in [0.2, 0.25) is 0 Å². The number of aromatic nitrogens is 2. The number of hydrogen-bond donors (Lipinski definition) is 2. The van der Waals surface area contributed by atoms with E-state index in [1.54, 1.807) is 0 Å². The normalized spacial score (nSPS) is 9.73. The largest absolute Gasteiger partial charge is 0.449 e. The Morgan fingerprint density at radius 2 is 2.53 bits per heavy atom. The Kier molecular flexibility index (Phi) is 3.68. The number of aromatic amines is 1. The molecule has 0 bridgehead atoms. The number of hydrogen-bond acceptors (Lipinski definition) is 4. The molecule has 1 aromatic heterocycles. The summed E-state index contributed by atoms with van der Waals surface area (Å²) >= 11 is 0. The molecular weight excluding hydrogens is 196 g/mol. The van der Waals surface area contributed by atoms with Gasteiger partial charge < -0.3 is 4.74 Å². The third kappa shape index (κ3) is 3.31. The Balaban J connectivity index is 2.49. The lowest BCUT2D eigenvalue weighted by atomic mass is 10.2. The van der Waals surface area contributed by atoms with E-state index in [0.717, 1.165) is 0 Å². The molecule has 80 valence electrons. The molecule has 6 heteroatoms. The third-order valence-electron chi connectivity index (χ3n) is 1.53. The first-order chi connectivity index (χ1) is 7.13. The summed E-state index contributed by atoms with van der Waals surface area (Å²) in [6, 6.07) is 1.88. The van der Waals surface area contributed by atoms with Gasteiger partial charge in [0, 0.05) is 0 Å².